The van der Waals surface area contributed by atoms with Crippen molar-refractivity contribution in [2.45, 2.75) is 63.3 Å². The molecule has 5 nitrogen and oxygen atoms in total. The Labute approximate surface area is 201 Å². The number of ether oxygens (including phenoxy) is 1. The number of nitrogens with one attached hydrogen (secondary N) is 2. The molecule has 1 aliphatic rings. The average molecular weight is 558 g/mol. The van der Waals surface area contributed by atoms with Crippen LogP contribution in [0.4, 0.5) is 13.6 Å². The third kappa shape index (κ3) is 7.11. The SMILES string of the molecule is CC(C)(C)OC(=O)N[C@@H](Cc1cc(F)cc(F)c1)[C@H](O)CNC1(c2cccc(I)c2)CC1. The van der Waals surface area contributed by atoms with Gasteiger partial charge in [0, 0.05) is 21.7 Å². The third-order valence-electron chi connectivity index (χ3n) is 5.32. The number of rotatable bonds is 8. The van der Waals surface area contributed by atoms with E-state index < -0.39 is 35.5 Å². The second-order valence-corrected chi connectivity index (χ2v) is 10.5. The van der Waals surface area contributed by atoms with Crippen molar-refractivity contribution in [1.29, 1.82) is 0 Å². The molecule has 3 N–H and O–H groups in total. The van der Waals surface area contributed by atoms with Crippen LogP contribution in [-0.4, -0.2) is 35.5 Å². The van der Waals surface area contributed by atoms with Gasteiger partial charge in [0.25, 0.3) is 0 Å². The van der Waals surface area contributed by atoms with Gasteiger partial charge in [0.2, 0.25) is 0 Å². The first kappa shape index (κ1) is 24.9. The van der Waals surface area contributed by atoms with Gasteiger partial charge in [-0.05, 0) is 98.0 Å². The predicted octanol–water partition coefficient (Wildman–Crippen LogP) is 4.65. The van der Waals surface area contributed by atoms with Crippen molar-refractivity contribution in [2.75, 3.05) is 6.54 Å². The first-order valence-electron chi connectivity index (χ1n) is 10.6. The van der Waals surface area contributed by atoms with Gasteiger partial charge in [0.15, 0.2) is 0 Å². The molecule has 0 heterocycles. The summed E-state index contributed by atoms with van der Waals surface area (Å²) in [4.78, 5) is 12.4. The van der Waals surface area contributed by atoms with Crippen LogP contribution in [0, 0.1) is 15.2 Å². The van der Waals surface area contributed by atoms with Crippen LogP contribution in [0.15, 0.2) is 42.5 Å². The van der Waals surface area contributed by atoms with Crippen LogP contribution in [0.1, 0.15) is 44.7 Å². The number of aliphatic hydroxyl groups excluding tert-OH is 1. The first-order chi connectivity index (χ1) is 15.0. The smallest absolute Gasteiger partial charge is 0.407 e. The zero-order chi connectivity index (χ0) is 23.5. The Morgan fingerprint density at radius 2 is 1.84 bits per heavy atom. The molecule has 174 valence electrons. The molecule has 8 heteroatoms. The minimum Gasteiger partial charge on any atom is -0.444 e. The number of halogens is 3. The van der Waals surface area contributed by atoms with E-state index in [1.165, 1.54) is 12.1 Å². The standard InChI is InChI=1S/C24H29F2IN2O3/c1-23(2,3)32-22(31)29-20(11-15-9-17(25)13-18(26)10-15)21(30)14-28-24(7-8-24)16-5-4-6-19(27)12-16/h4-6,9-10,12-13,20-21,28,30H,7-8,11,14H2,1-3H3,(H,29,31)/t20-,21+/m0/s1. The van der Waals surface area contributed by atoms with E-state index in [1.807, 2.05) is 12.1 Å². The lowest BCUT2D eigenvalue weighted by molar-refractivity contribution is 0.0419. The highest BCUT2D eigenvalue weighted by atomic mass is 127. The van der Waals surface area contributed by atoms with Gasteiger partial charge in [-0.3, -0.25) is 0 Å². The Morgan fingerprint density at radius 3 is 2.41 bits per heavy atom. The van der Waals surface area contributed by atoms with Crippen molar-refractivity contribution >= 4 is 28.7 Å². The second kappa shape index (κ2) is 10.0. The van der Waals surface area contributed by atoms with Gasteiger partial charge in [0.05, 0.1) is 12.1 Å². The first-order valence-corrected chi connectivity index (χ1v) is 11.7. The molecule has 0 aliphatic heterocycles. The zero-order valence-corrected chi connectivity index (χ0v) is 20.6. The molecule has 2 aromatic rings. The fourth-order valence-corrected chi connectivity index (χ4v) is 4.19. The molecule has 2 atom stereocenters. The molecule has 1 fully saturated rings. The normalized spacial score (nSPS) is 16.8. The summed E-state index contributed by atoms with van der Waals surface area (Å²) < 4.78 is 33.8. The van der Waals surface area contributed by atoms with Crippen LogP contribution in [0.3, 0.4) is 0 Å². The molecule has 1 aliphatic carbocycles. The van der Waals surface area contributed by atoms with Crippen LogP contribution in [-0.2, 0) is 16.7 Å². The predicted molar refractivity (Wildman–Crippen MR) is 127 cm³/mol. The van der Waals surface area contributed by atoms with Gasteiger partial charge in [-0.2, -0.15) is 0 Å². The number of benzene rings is 2. The summed E-state index contributed by atoms with van der Waals surface area (Å²) in [6.07, 6.45) is 0.233. The van der Waals surface area contributed by atoms with Gasteiger partial charge >= 0.3 is 6.09 Å². The van der Waals surface area contributed by atoms with E-state index >= 15 is 0 Å². The summed E-state index contributed by atoms with van der Waals surface area (Å²) in [6, 6.07) is 10.6. The van der Waals surface area contributed by atoms with Crippen molar-refractivity contribution in [3.63, 3.8) is 0 Å². The molecule has 0 bridgehead atoms. The van der Waals surface area contributed by atoms with Crippen LogP contribution in [0.5, 0.6) is 0 Å². The monoisotopic (exact) mass is 558 g/mol. The molecule has 1 saturated carbocycles. The molecular formula is C24H29F2IN2O3. The van der Waals surface area contributed by atoms with Crippen molar-refractivity contribution in [3.05, 3.63) is 68.8 Å². The average Bonchev–Trinajstić information content (AvgIpc) is 3.44. The van der Waals surface area contributed by atoms with E-state index in [0.717, 1.165) is 28.0 Å². The number of carbonyl (C=O) groups is 1. The highest BCUT2D eigenvalue weighted by molar-refractivity contribution is 14.1. The molecular weight excluding hydrogens is 529 g/mol. The Hall–Kier alpha value is -1.78. The van der Waals surface area contributed by atoms with E-state index in [-0.39, 0.29) is 18.5 Å². The molecule has 0 unspecified atom stereocenters. The number of hydrogen-bond acceptors (Lipinski definition) is 4. The van der Waals surface area contributed by atoms with Gasteiger partial charge in [-0.15, -0.1) is 0 Å². The lowest BCUT2D eigenvalue weighted by atomic mass is 9.99. The van der Waals surface area contributed by atoms with Crippen molar-refractivity contribution in [3.8, 4) is 0 Å². The van der Waals surface area contributed by atoms with Crippen molar-refractivity contribution in [2.24, 2.45) is 0 Å². The van der Waals surface area contributed by atoms with Crippen LogP contribution in [0.2, 0.25) is 0 Å². The Kier molecular flexibility index (Phi) is 7.77. The minimum atomic E-state index is -1.01. The van der Waals surface area contributed by atoms with Gasteiger partial charge < -0.3 is 20.5 Å². The maximum Gasteiger partial charge on any atom is 0.407 e. The molecule has 3 rings (SSSR count). The van der Waals surface area contributed by atoms with Crippen molar-refractivity contribution < 1.29 is 23.4 Å². The molecule has 2 aromatic carbocycles. The number of aliphatic hydroxyl groups is 1. The van der Waals surface area contributed by atoms with Crippen LogP contribution in [0.25, 0.3) is 0 Å². The highest BCUT2D eigenvalue weighted by Gasteiger charge is 2.44. The molecule has 1 amide bonds. The van der Waals surface area contributed by atoms with Crippen LogP contribution < -0.4 is 10.6 Å². The number of hydrogen-bond donors (Lipinski definition) is 3. The van der Waals surface area contributed by atoms with Gasteiger partial charge in [-0.25, -0.2) is 13.6 Å². The lowest BCUT2D eigenvalue weighted by Gasteiger charge is -2.28. The second-order valence-electron chi connectivity index (χ2n) is 9.28. The van der Waals surface area contributed by atoms with Crippen molar-refractivity contribution in [1.82, 2.24) is 10.6 Å². The molecule has 0 radical (unpaired) electrons. The van der Waals surface area contributed by atoms with E-state index in [1.54, 1.807) is 20.8 Å². The minimum absolute atomic E-state index is 0.0486. The van der Waals surface area contributed by atoms with E-state index in [4.69, 9.17) is 4.74 Å². The molecule has 0 saturated heterocycles. The summed E-state index contributed by atoms with van der Waals surface area (Å²) in [7, 11) is 0. The van der Waals surface area contributed by atoms with Gasteiger partial charge in [-0.1, -0.05) is 12.1 Å². The topological polar surface area (TPSA) is 70.6 Å². The fourth-order valence-electron chi connectivity index (χ4n) is 3.65. The summed E-state index contributed by atoms with van der Waals surface area (Å²) in [5.41, 5.74) is 0.566. The van der Waals surface area contributed by atoms with E-state index in [0.29, 0.717) is 5.56 Å². The number of alkyl carbamates (subject to hydrolysis) is 1. The summed E-state index contributed by atoms with van der Waals surface area (Å²) in [6.45, 7) is 5.41. The number of amides is 1. The molecule has 0 aromatic heterocycles. The van der Waals surface area contributed by atoms with Crippen LogP contribution >= 0.6 is 22.6 Å². The Balaban J connectivity index is 1.72. The molecule has 0 spiro atoms. The number of carbonyl (C=O) groups excluding carboxylic acids is 1. The summed E-state index contributed by atoms with van der Waals surface area (Å²) in [5.74, 6) is -1.42. The summed E-state index contributed by atoms with van der Waals surface area (Å²) >= 11 is 2.27. The zero-order valence-electron chi connectivity index (χ0n) is 18.4. The lowest BCUT2D eigenvalue weighted by Crippen LogP contribution is -2.51. The summed E-state index contributed by atoms with van der Waals surface area (Å²) in [5, 5.41) is 17.0. The quantitative estimate of drug-likeness (QED) is 0.413. The maximum atomic E-state index is 13.7. The third-order valence-corrected chi connectivity index (χ3v) is 5.99. The Morgan fingerprint density at radius 1 is 1.19 bits per heavy atom. The molecule has 32 heavy (non-hydrogen) atoms. The maximum absolute atomic E-state index is 13.7. The Bertz CT molecular complexity index is 940. The highest BCUT2D eigenvalue weighted by Crippen LogP contribution is 2.45. The van der Waals surface area contributed by atoms with E-state index in [9.17, 15) is 18.7 Å². The van der Waals surface area contributed by atoms with E-state index in [2.05, 4.69) is 45.4 Å². The van der Waals surface area contributed by atoms with Gasteiger partial charge in [0.1, 0.15) is 17.2 Å². The fraction of sp³-hybridized carbons (Fsp3) is 0.458. The largest absolute Gasteiger partial charge is 0.444 e.